The molecule has 1 aliphatic rings. The van der Waals surface area contributed by atoms with E-state index in [9.17, 15) is 0 Å². The lowest BCUT2D eigenvalue weighted by Gasteiger charge is -2.09. The lowest BCUT2D eigenvalue weighted by Crippen LogP contribution is -2.02. The second kappa shape index (κ2) is 6.81. The van der Waals surface area contributed by atoms with E-state index >= 15 is 0 Å². The molecule has 2 aromatic carbocycles. The zero-order chi connectivity index (χ0) is 17.1. The summed E-state index contributed by atoms with van der Waals surface area (Å²) in [7, 11) is 0. The van der Waals surface area contributed by atoms with E-state index in [0.717, 1.165) is 47.0 Å². The Labute approximate surface area is 147 Å². The van der Waals surface area contributed by atoms with Crippen LogP contribution in [0.4, 0.5) is 0 Å². The van der Waals surface area contributed by atoms with Crippen LogP contribution >= 0.6 is 0 Å². The molecule has 0 bridgehead atoms. The van der Waals surface area contributed by atoms with Crippen molar-refractivity contribution in [2.24, 2.45) is 0 Å². The zero-order valence-corrected chi connectivity index (χ0v) is 14.2. The van der Waals surface area contributed by atoms with E-state index in [0.29, 0.717) is 0 Å². The van der Waals surface area contributed by atoms with Gasteiger partial charge in [0.25, 0.3) is 0 Å². The summed E-state index contributed by atoms with van der Waals surface area (Å²) < 4.78 is 0. The van der Waals surface area contributed by atoms with Gasteiger partial charge in [-0.25, -0.2) is 15.0 Å². The van der Waals surface area contributed by atoms with Crippen molar-refractivity contribution in [1.29, 1.82) is 0 Å². The topological polar surface area (TPSA) is 38.7 Å². The van der Waals surface area contributed by atoms with Crippen molar-refractivity contribution >= 4 is 5.57 Å². The van der Waals surface area contributed by atoms with Gasteiger partial charge in [-0.3, -0.25) is 0 Å². The number of allylic oxidation sites excluding steroid dienone is 4. The summed E-state index contributed by atoms with van der Waals surface area (Å²) >= 11 is 0. The van der Waals surface area contributed by atoms with Gasteiger partial charge in [0.05, 0.1) is 0 Å². The maximum absolute atomic E-state index is 4.72. The molecular weight excluding hydrogens is 306 g/mol. The highest BCUT2D eigenvalue weighted by molar-refractivity contribution is 5.73. The molecule has 0 radical (unpaired) electrons. The maximum atomic E-state index is 4.72. The molecule has 3 nitrogen and oxygen atoms in total. The molecule has 0 saturated heterocycles. The SMILES string of the molecule is Cc1nc(C2=CCCC=C2)nc(-c2cccc(-c3ccccc3)c2)n1. The molecule has 0 spiro atoms. The maximum Gasteiger partial charge on any atom is 0.163 e. The number of aryl methyl sites for hydroxylation is 1. The fraction of sp³-hybridized carbons (Fsp3) is 0.136. The minimum Gasteiger partial charge on any atom is -0.213 e. The Hall–Kier alpha value is -3.07. The number of hydrogen-bond donors (Lipinski definition) is 0. The highest BCUT2D eigenvalue weighted by Gasteiger charge is 2.11. The van der Waals surface area contributed by atoms with Crippen LogP contribution < -0.4 is 0 Å². The third-order valence-corrected chi connectivity index (χ3v) is 4.23. The number of benzene rings is 2. The van der Waals surface area contributed by atoms with Crippen LogP contribution in [0.1, 0.15) is 24.5 Å². The first kappa shape index (κ1) is 15.5. The van der Waals surface area contributed by atoms with E-state index in [1.807, 2.05) is 13.0 Å². The molecule has 0 fully saturated rings. The summed E-state index contributed by atoms with van der Waals surface area (Å²) in [5.74, 6) is 2.22. The highest BCUT2D eigenvalue weighted by Crippen LogP contribution is 2.26. The molecule has 25 heavy (non-hydrogen) atoms. The summed E-state index contributed by atoms with van der Waals surface area (Å²) in [5, 5.41) is 0. The van der Waals surface area contributed by atoms with Crippen molar-refractivity contribution < 1.29 is 0 Å². The molecule has 0 unspecified atom stereocenters. The van der Waals surface area contributed by atoms with Crippen LogP contribution in [0.2, 0.25) is 0 Å². The summed E-state index contributed by atoms with van der Waals surface area (Å²) in [6, 6.07) is 18.7. The van der Waals surface area contributed by atoms with Crippen LogP contribution in [-0.2, 0) is 0 Å². The third-order valence-electron chi connectivity index (χ3n) is 4.23. The van der Waals surface area contributed by atoms with E-state index in [4.69, 9.17) is 4.98 Å². The van der Waals surface area contributed by atoms with Crippen molar-refractivity contribution in [3.05, 3.63) is 84.5 Å². The number of nitrogens with zero attached hydrogens (tertiary/aromatic N) is 3. The van der Waals surface area contributed by atoms with Gasteiger partial charge in [-0.2, -0.15) is 0 Å². The van der Waals surface area contributed by atoms with E-state index < -0.39 is 0 Å². The van der Waals surface area contributed by atoms with Crippen LogP contribution in [0.3, 0.4) is 0 Å². The summed E-state index contributed by atoms with van der Waals surface area (Å²) in [6.07, 6.45) is 8.58. The summed E-state index contributed by atoms with van der Waals surface area (Å²) in [4.78, 5) is 13.8. The Morgan fingerprint density at radius 2 is 1.48 bits per heavy atom. The fourth-order valence-electron chi connectivity index (χ4n) is 2.99. The second-order valence-corrected chi connectivity index (χ2v) is 6.12. The molecule has 1 heterocycles. The van der Waals surface area contributed by atoms with E-state index in [-0.39, 0.29) is 0 Å². The van der Waals surface area contributed by atoms with Crippen LogP contribution in [0.15, 0.2) is 72.8 Å². The normalized spacial score (nSPS) is 13.6. The van der Waals surface area contributed by atoms with Gasteiger partial charge in [-0.1, -0.05) is 66.8 Å². The number of rotatable bonds is 3. The van der Waals surface area contributed by atoms with Crippen LogP contribution in [-0.4, -0.2) is 15.0 Å². The predicted octanol–water partition coefficient (Wildman–Crippen LogP) is 5.25. The first-order chi connectivity index (χ1) is 12.3. The molecule has 0 saturated carbocycles. The molecule has 0 aliphatic heterocycles. The Kier molecular flexibility index (Phi) is 4.21. The van der Waals surface area contributed by atoms with Crippen molar-refractivity contribution in [1.82, 2.24) is 15.0 Å². The first-order valence-corrected chi connectivity index (χ1v) is 8.55. The molecule has 4 rings (SSSR count). The van der Waals surface area contributed by atoms with E-state index in [2.05, 4.69) is 76.7 Å². The van der Waals surface area contributed by atoms with E-state index in [1.54, 1.807) is 0 Å². The average molecular weight is 325 g/mol. The Balaban J connectivity index is 1.76. The third kappa shape index (κ3) is 3.41. The van der Waals surface area contributed by atoms with Gasteiger partial charge >= 0.3 is 0 Å². The molecule has 3 aromatic rings. The molecule has 122 valence electrons. The lowest BCUT2D eigenvalue weighted by molar-refractivity contribution is 0.953. The van der Waals surface area contributed by atoms with Gasteiger partial charge in [0.15, 0.2) is 11.6 Å². The molecule has 0 amide bonds. The zero-order valence-electron chi connectivity index (χ0n) is 14.2. The molecular formula is C22H19N3. The van der Waals surface area contributed by atoms with Crippen molar-refractivity contribution in [3.8, 4) is 22.5 Å². The molecule has 3 heteroatoms. The van der Waals surface area contributed by atoms with E-state index in [1.165, 1.54) is 5.56 Å². The first-order valence-electron chi connectivity index (χ1n) is 8.55. The predicted molar refractivity (Wildman–Crippen MR) is 102 cm³/mol. The Bertz CT molecular complexity index is 956. The average Bonchev–Trinajstić information content (AvgIpc) is 2.69. The van der Waals surface area contributed by atoms with Gasteiger partial charge in [0.1, 0.15) is 5.82 Å². The quantitative estimate of drug-likeness (QED) is 0.660. The van der Waals surface area contributed by atoms with Crippen LogP contribution in [0.25, 0.3) is 28.1 Å². The molecule has 1 aliphatic carbocycles. The molecule has 0 atom stereocenters. The monoisotopic (exact) mass is 325 g/mol. The largest absolute Gasteiger partial charge is 0.213 e. The van der Waals surface area contributed by atoms with Crippen molar-refractivity contribution in [2.45, 2.75) is 19.8 Å². The van der Waals surface area contributed by atoms with Crippen LogP contribution in [0.5, 0.6) is 0 Å². The summed E-state index contributed by atoms with van der Waals surface area (Å²) in [6.45, 7) is 1.92. The summed E-state index contributed by atoms with van der Waals surface area (Å²) in [5.41, 5.74) is 4.44. The minimum absolute atomic E-state index is 0.722. The highest BCUT2D eigenvalue weighted by atomic mass is 15.0. The van der Waals surface area contributed by atoms with Crippen LogP contribution in [0, 0.1) is 6.92 Å². The van der Waals surface area contributed by atoms with Gasteiger partial charge in [-0.15, -0.1) is 0 Å². The lowest BCUT2D eigenvalue weighted by atomic mass is 10.0. The van der Waals surface area contributed by atoms with Crippen molar-refractivity contribution in [2.75, 3.05) is 0 Å². The standard InChI is InChI=1S/C22H19N3/c1-16-23-21(18-11-6-3-7-12-18)25-22(24-16)20-14-8-13-19(15-20)17-9-4-2-5-10-17/h2,4-6,8-15H,3,7H2,1H3. The fourth-order valence-corrected chi connectivity index (χ4v) is 2.99. The smallest absolute Gasteiger partial charge is 0.163 e. The van der Waals surface area contributed by atoms with Crippen molar-refractivity contribution in [3.63, 3.8) is 0 Å². The molecule has 0 N–H and O–H groups in total. The second-order valence-electron chi connectivity index (χ2n) is 6.12. The van der Waals surface area contributed by atoms with Gasteiger partial charge in [-0.05, 0) is 37.0 Å². The Morgan fingerprint density at radius 1 is 0.720 bits per heavy atom. The number of hydrogen-bond acceptors (Lipinski definition) is 3. The number of aromatic nitrogens is 3. The molecule has 1 aromatic heterocycles. The van der Waals surface area contributed by atoms with Gasteiger partial charge in [0, 0.05) is 11.1 Å². The van der Waals surface area contributed by atoms with Gasteiger partial charge in [0.2, 0.25) is 0 Å². The minimum atomic E-state index is 0.722. The Morgan fingerprint density at radius 3 is 2.28 bits per heavy atom. The van der Waals surface area contributed by atoms with Gasteiger partial charge < -0.3 is 0 Å².